The molecule has 1 heterocycles. The maximum absolute atomic E-state index is 11.1. The van der Waals surface area contributed by atoms with Crippen molar-refractivity contribution in [2.24, 2.45) is 0 Å². The Hall–Kier alpha value is -1.52. The molecule has 14 heavy (non-hydrogen) atoms. The minimum atomic E-state index is -0.210. The van der Waals surface area contributed by atoms with E-state index in [2.05, 4.69) is 15.3 Å². The van der Waals surface area contributed by atoms with Gasteiger partial charge in [-0.25, -0.2) is 0 Å². The summed E-state index contributed by atoms with van der Waals surface area (Å²) in [6.45, 7) is 0. The van der Waals surface area contributed by atoms with Gasteiger partial charge in [-0.1, -0.05) is 12.8 Å². The molecular weight excluding hydrogens is 180 g/mol. The predicted octanol–water partition coefficient (Wildman–Crippen LogP) is 0.707. The van der Waals surface area contributed by atoms with E-state index in [9.17, 15) is 4.79 Å². The number of nitrogens with two attached hydrogens (primary N) is 1. The standard InChI is InChI=1S/C9H14N4O/c10-7-5-8(14)13-9(12-7)11-6-3-1-2-4-6/h5-6H,1-4H2,(H4,10,11,12,13,14). The first-order valence-electron chi connectivity index (χ1n) is 4.87. The van der Waals surface area contributed by atoms with Crippen molar-refractivity contribution in [3.8, 4) is 0 Å². The second kappa shape index (κ2) is 3.69. The Balaban J connectivity index is 2.11. The van der Waals surface area contributed by atoms with Gasteiger partial charge >= 0.3 is 0 Å². The highest BCUT2D eigenvalue weighted by Gasteiger charge is 2.15. The van der Waals surface area contributed by atoms with Crippen molar-refractivity contribution in [1.29, 1.82) is 0 Å². The third kappa shape index (κ3) is 2.04. The number of nitrogen functional groups attached to an aromatic ring is 1. The summed E-state index contributed by atoms with van der Waals surface area (Å²) in [4.78, 5) is 17.7. The van der Waals surface area contributed by atoms with E-state index in [4.69, 9.17) is 5.73 Å². The number of rotatable bonds is 2. The average molecular weight is 194 g/mol. The summed E-state index contributed by atoms with van der Waals surface area (Å²) in [6, 6.07) is 1.71. The molecule has 0 saturated heterocycles. The van der Waals surface area contributed by atoms with Crippen LogP contribution in [0, 0.1) is 0 Å². The van der Waals surface area contributed by atoms with Gasteiger partial charge in [-0.05, 0) is 12.8 Å². The van der Waals surface area contributed by atoms with Crippen LogP contribution < -0.4 is 16.6 Å². The fraction of sp³-hybridized carbons (Fsp3) is 0.556. The van der Waals surface area contributed by atoms with E-state index in [1.807, 2.05) is 0 Å². The summed E-state index contributed by atoms with van der Waals surface area (Å²) in [7, 11) is 0. The Morgan fingerprint density at radius 1 is 1.50 bits per heavy atom. The lowest BCUT2D eigenvalue weighted by molar-refractivity contribution is 0.743. The van der Waals surface area contributed by atoms with Crippen LogP contribution in [0.3, 0.4) is 0 Å². The fourth-order valence-electron chi connectivity index (χ4n) is 1.81. The summed E-state index contributed by atoms with van der Waals surface area (Å²) in [5, 5.41) is 3.18. The van der Waals surface area contributed by atoms with E-state index in [-0.39, 0.29) is 11.4 Å². The number of aromatic nitrogens is 2. The number of nitrogens with zero attached hydrogens (tertiary/aromatic N) is 1. The zero-order chi connectivity index (χ0) is 9.97. The summed E-state index contributed by atoms with van der Waals surface area (Å²) in [5.41, 5.74) is 5.25. The number of hydrogen-bond acceptors (Lipinski definition) is 4. The molecule has 0 aliphatic heterocycles. The number of H-pyrrole nitrogens is 1. The molecule has 4 N–H and O–H groups in total. The zero-order valence-electron chi connectivity index (χ0n) is 7.92. The van der Waals surface area contributed by atoms with Gasteiger partial charge in [0.1, 0.15) is 5.82 Å². The fourth-order valence-corrected chi connectivity index (χ4v) is 1.81. The summed E-state index contributed by atoms with van der Waals surface area (Å²) < 4.78 is 0. The van der Waals surface area contributed by atoms with E-state index in [0.717, 1.165) is 12.8 Å². The maximum atomic E-state index is 11.1. The van der Waals surface area contributed by atoms with Crippen LogP contribution in [0.2, 0.25) is 0 Å². The normalized spacial score (nSPS) is 17.1. The molecule has 0 amide bonds. The molecule has 0 unspecified atom stereocenters. The molecule has 0 aromatic carbocycles. The molecule has 76 valence electrons. The van der Waals surface area contributed by atoms with Crippen LogP contribution in [0.5, 0.6) is 0 Å². The van der Waals surface area contributed by atoms with Crippen molar-refractivity contribution in [3.05, 3.63) is 16.4 Å². The topological polar surface area (TPSA) is 83.8 Å². The highest BCUT2D eigenvalue weighted by atomic mass is 16.1. The van der Waals surface area contributed by atoms with Crippen LogP contribution in [0.15, 0.2) is 10.9 Å². The van der Waals surface area contributed by atoms with E-state index in [0.29, 0.717) is 12.0 Å². The van der Waals surface area contributed by atoms with Crippen molar-refractivity contribution in [3.63, 3.8) is 0 Å². The van der Waals surface area contributed by atoms with Gasteiger partial charge in [0.2, 0.25) is 5.95 Å². The summed E-state index contributed by atoms with van der Waals surface area (Å²) >= 11 is 0. The van der Waals surface area contributed by atoms with Crippen LogP contribution in [-0.4, -0.2) is 16.0 Å². The molecule has 1 aromatic heterocycles. The van der Waals surface area contributed by atoms with Crippen molar-refractivity contribution in [1.82, 2.24) is 9.97 Å². The number of anilines is 2. The molecule has 0 radical (unpaired) electrons. The zero-order valence-corrected chi connectivity index (χ0v) is 7.92. The van der Waals surface area contributed by atoms with Crippen molar-refractivity contribution < 1.29 is 0 Å². The van der Waals surface area contributed by atoms with Crippen LogP contribution in [0.4, 0.5) is 11.8 Å². The first-order chi connectivity index (χ1) is 6.74. The molecule has 0 atom stereocenters. The minimum Gasteiger partial charge on any atom is -0.383 e. The number of nitrogens with one attached hydrogen (secondary N) is 2. The predicted molar refractivity (Wildman–Crippen MR) is 55.1 cm³/mol. The Labute approximate surface area is 81.7 Å². The van der Waals surface area contributed by atoms with E-state index in [1.54, 1.807) is 0 Å². The molecule has 1 aliphatic rings. The molecule has 1 fully saturated rings. The van der Waals surface area contributed by atoms with E-state index < -0.39 is 0 Å². The molecule has 5 nitrogen and oxygen atoms in total. The Bertz CT molecular complexity index is 367. The smallest absolute Gasteiger partial charge is 0.254 e. The van der Waals surface area contributed by atoms with Crippen LogP contribution in [0.25, 0.3) is 0 Å². The first-order valence-corrected chi connectivity index (χ1v) is 4.87. The molecule has 1 aliphatic carbocycles. The molecule has 2 rings (SSSR count). The number of aromatic amines is 1. The van der Waals surface area contributed by atoms with Gasteiger partial charge in [-0.15, -0.1) is 0 Å². The third-order valence-corrected chi connectivity index (χ3v) is 2.46. The van der Waals surface area contributed by atoms with Crippen molar-refractivity contribution in [2.45, 2.75) is 31.7 Å². The quantitative estimate of drug-likeness (QED) is 0.647. The SMILES string of the molecule is Nc1cc(=O)[nH]c(NC2CCCC2)n1. The van der Waals surface area contributed by atoms with Gasteiger partial charge in [0.05, 0.1) is 0 Å². The van der Waals surface area contributed by atoms with Gasteiger partial charge in [0.15, 0.2) is 0 Å². The lowest BCUT2D eigenvalue weighted by Crippen LogP contribution is -2.20. The largest absolute Gasteiger partial charge is 0.383 e. The maximum Gasteiger partial charge on any atom is 0.254 e. The Morgan fingerprint density at radius 3 is 2.86 bits per heavy atom. The number of hydrogen-bond donors (Lipinski definition) is 3. The highest BCUT2D eigenvalue weighted by Crippen LogP contribution is 2.20. The second-order valence-corrected chi connectivity index (χ2v) is 3.64. The molecule has 1 aromatic rings. The summed E-state index contributed by atoms with van der Waals surface area (Å²) in [5.74, 6) is 0.746. The van der Waals surface area contributed by atoms with Crippen LogP contribution in [-0.2, 0) is 0 Å². The van der Waals surface area contributed by atoms with Crippen LogP contribution >= 0.6 is 0 Å². The first kappa shape index (κ1) is 9.05. The second-order valence-electron chi connectivity index (χ2n) is 3.64. The molecule has 1 saturated carbocycles. The van der Waals surface area contributed by atoms with E-state index in [1.165, 1.54) is 18.9 Å². The molecular formula is C9H14N4O. The van der Waals surface area contributed by atoms with Gasteiger partial charge in [0.25, 0.3) is 5.56 Å². The molecule has 0 spiro atoms. The third-order valence-electron chi connectivity index (χ3n) is 2.46. The Morgan fingerprint density at radius 2 is 2.21 bits per heavy atom. The van der Waals surface area contributed by atoms with Crippen molar-refractivity contribution in [2.75, 3.05) is 11.1 Å². The lowest BCUT2D eigenvalue weighted by Gasteiger charge is -2.11. The van der Waals surface area contributed by atoms with Gasteiger partial charge in [0, 0.05) is 12.1 Å². The molecule has 5 heteroatoms. The Kier molecular flexibility index (Phi) is 2.39. The highest BCUT2D eigenvalue weighted by molar-refractivity contribution is 5.35. The summed E-state index contributed by atoms with van der Waals surface area (Å²) in [6.07, 6.45) is 4.76. The molecule has 0 bridgehead atoms. The van der Waals surface area contributed by atoms with Crippen molar-refractivity contribution >= 4 is 11.8 Å². The van der Waals surface area contributed by atoms with Crippen LogP contribution in [0.1, 0.15) is 25.7 Å². The average Bonchev–Trinajstić information content (AvgIpc) is 2.54. The monoisotopic (exact) mass is 194 g/mol. The van der Waals surface area contributed by atoms with Gasteiger partial charge < -0.3 is 11.1 Å². The van der Waals surface area contributed by atoms with Gasteiger partial charge in [-0.2, -0.15) is 4.98 Å². The lowest BCUT2D eigenvalue weighted by atomic mass is 10.2. The van der Waals surface area contributed by atoms with E-state index >= 15 is 0 Å². The minimum absolute atomic E-state index is 0.210. The van der Waals surface area contributed by atoms with Gasteiger partial charge in [-0.3, -0.25) is 9.78 Å².